The third-order valence-corrected chi connectivity index (χ3v) is 32.5. The van der Waals surface area contributed by atoms with Crippen LogP contribution in [0.1, 0.15) is 325 Å². The molecule has 16 unspecified atom stereocenters. The summed E-state index contributed by atoms with van der Waals surface area (Å²) in [4.78, 5) is 68.7. The van der Waals surface area contributed by atoms with Crippen molar-refractivity contribution < 1.29 is 29.4 Å². The van der Waals surface area contributed by atoms with Crippen LogP contribution in [0.25, 0.3) is 41.1 Å². The van der Waals surface area contributed by atoms with Gasteiger partial charge < -0.3 is 20.2 Å². The Morgan fingerprint density at radius 2 is 0.570 bits per heavy atom. The highest BCUT2D eigenvalue weighted by molar-refractivity contribution is 7.24. The summed E-state index contributed by atoms with van der Waals surface area (Å²) in [5.41, 5.74) is 30.1. The van der Waals surface area contributed by atoms with E-state index in [1.54, 1.807) is 22.3 Å². The van der Waals surface area contributed by atoms with Crippen molar-refractivity contribution in [3.8, 4) is 0 Å². The zero-order valence-electron chi connectivity index (χ0n) is 59.2. The predicted octanol–water partition coefficient (Wildman–Crippen LogP) is 23.8. The third-order valence-electron chi connectivity index (χ3n) is 28.0. The molecule has 9 heterocycles. The molecule has 538 valence electrons. The summed E-state index contributed by atoms with van der Waals surface area (Å²) in [7, 11) is 0. The predicted molar refractivity (Wildman–Crippen MR) is 433 cm³/mol. The fourth-order valence-corrected chi connectivity index (χ4v) is 28.9. The van der Waals surface area contributed by atoms with E-state index in [9.17, 15) is 29.4 Å². The number of carboxylic acid groups (broad SMARTS) is 2. The molecule has 7 aromatic heterocycles. The Morgan fingerprint density at radius 1 is 0.336 bits per heavy atom. The number of fused-ring (bicyclic) bond motifs is 16. The fraction of sp³-hybridized carbons (Fsp3) is 0.385. The van der Waals surface area contributed by atoms with Crippen LogP contribution in [0.3, 0.4) is 0 Å². The average molecular weight is 1520 g/mol. The molecule has 0 fully saturated rings. The minimum Gasteiger partial charge on any atom is -0.477 e. The number of alkyl halides is 2. The Bertz CT molecular complexity index is 5170. The maximum atomic E-state index is 12.3. The fourth-order valence-electron chi connectivity index (χ4n) is 23.7. The lowest BCUT2D eigenvalue weighted by atomic mass is 9.70. The molecule has 26 aliphatic rings. The van der Waals surface area contributed by atoms with Crippen molar-refractivity contribution in [1.29, 1.82) is 0 Å². The summed E-state index contributed by atoms with van der Waals surface area (Å²) >= 11 is 16.8. The smallest absolute Gasteiger partial charge is 0.352 e. The molecule has 0 saturated carbocycles. The van der Waals surface area contributed by atoms with Gasteiger partial charge in [-0.2, -0.15) is 0 Å². The number of thiophene rings is 4. The van der Waals surface area contributed by atoms with Gasteiger partial charge in [-0.15, -0.1) is 68.5 Å². The summed E-state index contributed by atoms with van der Waals surface area (Å²) in [5, 5.41) is 20.3. The number of hydrogen-bond donors (Lipinski definition) is 4. The summed E-state index contributed by atoms with van der Waals surface area (Å²) in [6, 6.07) is 10.1. The molecule has 0 aromatic carbocycles. The molecule has 0 amide bonds. The maximum absolute atomic E-state index is 12.3. The minimum atomic E-state index is -0.863. The molecule has 0 radical (unpaired) electrons. The number of aromatic amines is 2. The molecule has 24 bridgehead atoms. The van der Waals surface area contributed by atoms with Crippen LogP contribution in [-0.2, 0) is 12.8 Å². The normalized spacial score (nSPS) is 30.1. The quantitative estimate of drug-likeness (QED) is 0.0663. The highest BCUT2D eigenvalue weighted by Gasteiger charge is 2.46. The highest BCUT2D eigenvalue weighted by Crippen LogP contribution is 2.61. The average Bonchev–Trinajstić information content (AvgIpc) is 1.54. The SMILES string of the molecule is C1=CC2CCC1C1=C2c2cc3sc(cc4nc(cc5sc(cc1n2)c1c5C2C=CC1CC2)C1=C4C2C=CC1CC2)c1c3C2C=CC1CC2.ClCCl.O=C(O)c1[nH]c(Cc2sc(Cc3[nH]c(C(=O)O)c4c3C3C=CC4CC3)c3c2C2C=CC3CC2)c2c1C1C=CC2CC1.O=Cc1sc(C=O)c2c1C1C=CC2CC1. The second kappa shape index (κ2) is 25.4. The number of aromatic nitrogens is 4. The number of H-pyrrole nitrogens is 2. The van der Waals surface area contributed by atoms with Crippen LogP contribution in [0.2, 0.25) is 0 Å². The van der Waals surface area contributed by atoms with Crippen molar-refractivity contribution in [2.45, 2.75) is 187 Å². The molecule has 0 spiro atoms. The van der Waals surface area contributed by atoms with E-state index in [0.29, 0.717) is 94.2 Å². The Kier molecular flexibility index (Phi) is 15.7. The molecule has 4 N–H and O–H groups in total. The number of aromatic carboxylic acids is 2. The van der Waals surface area contributed by atoms with E-state index in [0.717, 1.165) is 120 Å². The van der Waals surface area contributed by atoms with E-state index < -0.39 is 11.9 Å². The van der Waals surface area contributed by atoms with Gasteiger partial charge in [-0.3, -0.25) is 9.59 Å². The van der Waals surface area contributed by atoms with E-state index in [1.807, 2.05) is 34.0 Å². The Hall–Kier alpha value is -7.82. The molecule has 2 aliphatic heterocycles. The van der Waals surface area contributed by atoms with Gasteiger partial charge in [-0.25, -0.2) is 19.6 Å². The third kappa shape index (κ3) is 10.1. The molecule has 33 rings (SSSR count). The number of nitrogens with zero attached hydrogens (tertiary/aromatic N) is 2. The first-order valence-electron chi connectivity index (χ1n) is 39.3. The lowest BCUT2D eigenvalue weighted by molar-refractivity contribution is 0.0678. The molecule has 16 atom stereocenters. The van der Waals surface area contributed by atoms with Gasteiger partial charge in [-0.05, 0) is 216 Å². The maximum Gasteiger partial charge on any atom is 0.352 e. The lowest BCUT2D eigenvalue weighted by Gasteiger charge is -2.34. The molecule has 107 heavy (non-hydrogen) atoms. The molecular weight excluding hydrogens is 1440 g/mol. The van der Waals surface area contributed by atoms with Gasteiger partial charge in [0.05, 0.1) is 37.9 Å². The van der Waals surface area contributed by atoms with E-state index in [4.69, 9.17) is 33.2 Å². The monoisotopic (exact) mass is 1520 g/mol. The lowest BCUT2D eigenvalue weighted by Crippen LogP contribution is -2.19. The van der Waals surface area contributed by atoms with Crippen molar-refractivity contribution in [2.24, 2.45) is 23.7 Å². The van der Waals surface area contributed by atoms with Crippen LogP contribution in [-0.4, -0.2) is 60.0 Å². The number of halogens is 2. The zero-order chi connectivity index (χ0) is 71.5. The van der Waals surface area contributed by atoms with Crippen LogP contribution >= 0.6 is 68.5 Å². The second-order valence-electron chi connectivity index (χ2n) is 33.1. The van der Waals surface area contributed by atoms with Gasteiger partial charge >= 0.3 is 11.9 Å². The summed E-state index contributed by atoms with van der Waals surface area (Å²) in [6.45, 7) is 0. The molecule has 24 aliphatic carbocycles. The topological polar surface area (TPSA) is 166 Å². The van der Waals surface area contributed by atoms with Gasteiger partial charge in [0.1, 0.15) is 11.4 Å². The van der Waals surface area contributed by atoms with E-state index >= 15 is 0 Å². The first-order valence-corrected chi connectivity index (χ1v) is 43.7. The summed E-state index contributed by atoms with van der Waals surface area (Å²) in [6.07, 6.45) is 60.3. The molecule has 16 heteroatoms. The van der Waals surface area contributed by atoms with Crippen molar-refractivity contribution in [3.05, 3.63) is 253 Å². The van der Waals surface area contributed by atoms with Crippen molar-refractivity contribution in [1.82, 2.24) is 19.9 Å². The van der Waals surface area contributed by atoms with E-state index in [1.165, 1.54) is 159 Å². The number of aldehydes is 2. The molecule has 10 nitrogen and oxygen atoms in total. The van der Waals surface area contributed by atoms with Crippen LogP contribution in [0, 0.1) is 23.7 Å². The number of hydrogen-bond acceptors (Lipinski definition) is 10. The van der Waals surface area contributed by atoms with Crippen LogP contribution in [0.15, 0.2) is 121 Å². The summed E-state index contributed by atoms with van der Waals surface area (Å²) < 4.78 is 5.80. The van der Waals surface area contributed by atoms with Crippen molar-refractivity contribution in [3.63, 3.8) is 0 Å². The van der Waals surface area contributed by atoms with Gasteiger partial charge in [0.15, 0.2) is 12.6 Å². The first kappa shape index (κ1) is 66.2. The zero-order valence-corrected chi connectivity index (χ0v) is 64.0. The standard InChI is InChI=1S/C44H36N2S2.C34H32N2O4S.C12H10O2S.CH2Cl2/c1-2-22-4-3-21(1)37-29-17-33-41-25-9-11-27(12-10-25)43(41)35(47-33)19-31-39-23-5-7-24(8-6-23)40(39)32(46-31)20-36-44-28-15-13-26(14-16-28)42(44)34(48-36)18-30(45-29)38(22)37;37-33(38)31-29-19-9-1-15(2-10-19)25(29)21(35-31)13-23-27-17-5-7-18(8-6-17)28(27)24(41-23)14-22-26-16-3-11-20(12-4-16)30(26)32(36-22)34(39)40;13-5-9-11-7-1-2-8(4-3-7)12(11)10(6-14)15-9;2-1-3/h1-2,5,7,9,11,13,15,17-28H,3-4,6,8,10,12,14,16H2;1,3,5,7,9,11,15-20,35-36H,2,4,6,8,10,12-14H2,(H,37,38)(H,39,40);1-2,5-8H,3-4H2;1H2. The van der Waals surface area contributed by atoms with Gasteiger partial charge in [0.2, 0.25) is 0 Å². The van der Waals surface area contributed by atoms with E-state index in [-0.39, 0.29) is 17.2 Å². The first-order chi connectivity index (χ1) is 52.4. The number of rotatable bonds is 8. The highest BCUT2D eigenvalue weighted by atomic mass is 35.5. The van der Waals surface area contributed by atoms with Crippen LogP contribution in [0.4, 0.5) is 0 Å². The van der Waals surface area contributed by atoms with Gasteiger partial charge in [0.25, 0.3) is 0 Å². The van der Waals surface area contributed by atoms with Crippen LogP contribution < -0.4 is 0 Å². The van der Waals surface area contributed by atoms with Crippen molar-refractivity contribution >= 4 is 134 Å². The second-order valence-corrected chi connectivity index (χ2v) is 38.3. The summed E-state index contributed by atoms with van der Waals surface area (Å²) in [5.74, 6) is 4.88. The van der Waals surface area contributed by atoms with Gasteiger partial charge in [0, 0.05) is 147 Å². The molecular formula is C91H80Cl2N4O6S4. The van der Waals surface area contributed by atoms with E-state index in [2.05, 4.69) is 131 Å². The number of carbonyl (C=O) groups excluding carboxylic acids is 2. The number of carboxylic acids is 2. The number of nitrogens with one attached hydrogen (secondary N) is 2. The van der Waals surface area contributed by atoms with Crippen molar-refractivity contribution in [2.75, 3.05) is 5.34 Å². The van der Waals surface area contributed by atoms with Crippen LogP contribution in [0.5, 0.6) is 0 Å². The Morgan fingerprint density at radius 3 is 0.822 bits per heavy atom. The van der Waals surface area contributed by atoms with Gasteiger partial charge in [-0.1, -0.05) is 97.2 Å². The number of carbonyl (C=O) groups is 4. The largest absolute Gasteiger partial charge is 0.477 e. The molecule has 0 saturated heterocycles. The minimum absolute atomic E-state index is 0.194. The Labute approximate surface area is 647 Å². The Balaban J connectivity index is 0.000000109. The molecule has 7 aromatic rings. The number of allylic oxidation sites excluding steroid dienone is 20.